The number of nitrogens with zero attached hydrogens (tertiary/aromatic N) is 2. The van der Waals surface area contributed by atoms with E-state index in [4.69, 9.17) is 0 Å². The van der Waals surface area contributed by atoms with E-state index in [1.807, 2.05) is 67.6 Å². The predicted molar refractivity (Wildman–Crippen MR) is 112 cm³/mol. The minimum absolute atomic E-state index is 0.0387. The van der Waals surface area contributed by atoms with Crippen LogP contribution in [0.1, 0.15) is 31.7 Å². The van der Waals surface area contributed by atoms with Gasteiger partial charge < -0.3 is 9.80 Å². The van der Waals surface area contributed by atoms with Gasteiger partial charge >= 0.3 is 0 Å². The monoisotopic (exact) mass is 388 g/mol. The largest absolute Gasteiger partial charge is 0.329 e. The maximum atomic E-state index is 13.0. The van der Waals surface area contributed by atoms with Crippen molar-refractivity contribution < 1.29 is 14.4 Å². The average Bonchev–Trinajstić information content (AvgIpc) is 3.11. The van der Waals surface area contributed by atoms with Crippen molar-refractivity contribution in [2.75, 3.05) is 18.0 Å². The quantitative estimate of drug-likeness (QED) is 0.806. The van der Waals surface area contributed by atoms with Crippen molar-refractivity contribution in [1.29, 1.82) is 0 Å². The number of benzene rings is 2. The summed E-state index contributed by atoms with van der Waals surface area (Å²) in [6, 6.07) is 19.2. The van der Waals surface area contributed by atoms with Crippen molar-refractivity contribution in [1.82, 2.24) is 4.90 Å². The van der Waals surface area contributed by atoms with E-state index in [0.29, 0.717) is 25.0 Å². The Bertz CT molecular complexity index is 966. The van der Waals surface area contributed by atoms with E-state index in [-0.39, 0.29) is 36.6 Å². The molecule has 148 valence electrons. The van der Waals surface area contributed by atoms with E-state index in [9.17, 15) is 14.4 Å². The molecule has 1 saturated heterocycles. The highest BCUT2D eigenvalue weighted by molar-refractivity contribution is 6.10. The van der Waals surface area contributed by atoms with Gasteiger partial charge in [0.25, 0.3) is 0 Å². The molecule has 1 fully saturated rings. The molecule has 0 N–H and O–H groups in total. The average molecular weight is 388 g/mol. The van der Waals surface area contributed by atoms with Gasteiger partial charge in [-0.2, -0.15) is 0 Å². The van der Waals surface area contributed by atoms with Crippen LogP contribution in [0.5, 0.6) is 0 Å². The van der Waals surface area contributed by atoms with E-state index >= 15 is 0 Å². The number of anilines is 1. The number of hydrogen-bond donors (Lipinski definition) is 0. The molecule has 5 nitrogen and oxygen atoms in total. The zero-order valence-corrected chi connectivity index (χ0v) is 16.5. The van der Waals surface area contributed by atoms with Crippen LogP contribution in [0, 0.1) is 0 Å². The topological polar surface area (TPSA) is 57.7 Å². The number of allylic oxidation sites excluding steroid dienone is 1. The lowest BCUT2D eigenvalue weighted by Gasteiger charge is -2.39. The number of ketones is 1. The molecule has 0 bridgehead atoms. The van der Waals surface area contributed by atoms with Gasteiger partial charge in [0.1, 0.15) is 6.54 Å². The van der Waals surface area contributed by atoms with Crippen LogP contribution in [0.4, 0.5) is 5.69 Å². The molecule has 0 radical (unpaired) electrons. The Kier molecular flexibility index (Phi) is 5.30. The fourth-order valence-electron chi connectivity index (χ4n) is 4.17. The van der Waals surface area contributed by atoms with Crippen molar-refractivity contribution in [2.24, 2.45) is 0 Å². The van der Waals surface area contributed by atoms with Crippen molar-refractivity contribution in [3.8, 4) is 0 Å². The smallest absolute Gasteiger partial charge is 0.246 e. The zero-order valence-electron chi connectivity index (χ0n) is 16.5. The molecule has 1 aliphatic carbocycles. The third-order valence-electron chi connectivity index (χ3n) is 5.73. The van der Waals surface area contributed by atoms with E-state index < -0.39 is 0 Å². The minimum atomic E-state index is -0.155. The Morgan fingerprint density at radius 1 is 0.966 bits per heavy atom. The van der Waals surface area contributed by atoms with Crippen molar-refractivity contribution in [3.63, 3.8) is 0 Å². The third-order valence-corrected chi connectivity index (χ3v) is 5.73. The Morgan fingerprint density at radius 3 is 2.31 bits per heavy atom. The zero-order chi connectivity index (χ0) is 20.4. The van der Waals surface area contributed by atoms with Crippen molar-refractivity contribution in [2.45, 2.75) is 32.2 Å². The highest BCUT2D eigenvalue weighted by atomic mass is 16.2. The van der Waals surface area contributed by atoms with Crippen LogP contribution >= 0.6 is 0 Å². The van der Waals surface area contributed by atoms with Crippen molar-refractivity contribution in [3.05, 3.63) is 71.8 Å². The Morgan fingerprint density at radius 2 is 1.62 bits per heavy atom. The number of carbonyl (C=O) groups is 3. The lowest BCUT2D eigenvalue weighted by molar-refractivity contribution is -0.139. The standard InChI is InChI=1S/C24H24N2O3/c1-17-15-26(19-10-6-3-7-11-19)24(29)16-25(17)23(28)14-21-20(12-13-22(21)27)18-8-4-2-5-9-18/h2-11,17H,12-16H2,1H3. The molecule has 4 rings (SSSR count). The van der Waals surface area contributed by atoms with Crippen LogP contribution in [0.25, 0.3) is 5.57 Å². The summed E-state index contributed by atoms with van der Waals surface area (Å²) in [6.45, 7) is 2.44. The second kappa shape index (κ2) is 8.03. The summed E-state index contributed by atoms with van der Waals surface area (Å²) in [7, 11) is 0. The van der Waals surface area contributed by atoms with E-state index in [2.05, 4.69) is 0 Å². The van der Waals surface area contributed by atoms with Crippen LogP contribution in [-0.2, 0) is 14.4 Å². The number of para-hydroxylation sites is 1. The third kappa shape index (κ3) is 3.86. The Balaban J connectivity index is 1.51. The van der Waals surface area contributed by atoms with Gasteiger partial charge in [0.15, 0.2) is 5.78 Å². The molecular weight excluding hydrogens is 364 g/mol. The van der Waals surface area contributed by atoms with E-state index in [1.165, 1.54) is 0 Å². The van der Waals surface area contributed by atoms with Crippen LogP contribution in [0.2, 0.25) is 0 Å². The van der Waals surface area contributed by atoms with Gasteiger partial charge in [0.2, 0.25) is 11.8 Å². The molecule has 0 spiro atoms. The predicted octanol–water partition coefficient (Wildman–Crippen LogP) is 3.46. The van der Waals surface area contributed by atoms with E-state index in [0.717, 1.165) is 16.8 Å². The first-order chi connectivity index (χ1) is 14.0. The second-order valence-electron chi connectivity index (χ2n) is 7.63. The van der Waals surface area contributed by atoms with Crippen LogP contribution < -0.4 is 4.90 Å². The highest BCUT2D eigenvalue weighted by Crippen LogP contribution is 2.34. The first kappa shape index (κ1) is 19.1. The summed E-state index contributed by atoms with van der Waals surface area (Å²) in [5, 5.41) is 0. The lowest BCUT2D eigenvalue weighted by Crippen LogP contribution is -2.57. The van der Waals surface area contributed by atoms with Gasteiger partial charge in [0, 0.05) is 30.3 Å². The summed E-state index contributed by atoms with van der Waals surface area (Å²) in [4.78, 5) is 41.5. The molecule has 2 aromatic rings. The number of carbonyl (C=O) groups excluding carboxylic acids is 3. The first-order valence-electron chi connectivity index (χ1n) is 10.00. The lowest BCUT2D eigenvalue weighted by atomic mass is 9.99. The first-order valence-corrected chi connectivity index (χ1v) is 10.00. The second-order valence-corrected chi connectivity index (χ2v) is 7.63. The Hall–Kier alpha value is -3.21. The number of hydrogen-bond acceptors (Lipinski definition) is 3. The fraction of sp³-hybridized carbons (Fsp3) is 0.292. The van der Waals surface area contributed by atoms with Gasteiger partial charge in [-0.25, -0.2) is 0 Å². The normalized spacial score (nSPS) is 19.8. The Labute approximate surface area is 170 Å². The molecule has 1 heterocycles. The summed E-state index contributed by atoms with van der Waals surface area (Å²) >= 11 is 0. The summed E-state index contributed by atoms with van der Waals surface area (Å²) < 4.78 is 0. The molecule has 0 aromatic heterocycles. The summed E-state index contributed by atoms with van der Waals surface area (Å²) in [5.74, 6) is -0.214. The minimum Gasteiger partial charge on any atom is -0.329 e. The van der Waals surface area contributed by atoms with Gasteiger partial charge in [-0.05, 0) is 36.6 Å². The highest BCUT2D eigenvalue weighted by Gasteiger charge is 2.35. The molecular formula is C24H24N2O3. The number of piperazine rings is 1. The van der Waals surface area contributed by atoms with Crippen molar-refractivity contribution >= 4 is 28.9 Å². The van der Waals surface area contributed by atoms with Gasteiger partial charge in [0.05, 0.1) is 6.42 Å². The fourth-order valence-corrected chi connectivity index (χ4v) is 4.17. The molecule has 1 unspecified atom stereocenters. The molecule has 1 aliphatic heterocycles. The van der Waals surface area contributed by atoms with Crippen LogP contribution in [0.15, 0.2) is 66.2 Å². The molecule has 2 amide bonds. The summed E-state index contributed by atoms with van der Waals surface area (Å²) in [6.07, 6.45) is 1.18. The maximum absolute atomic E-state index is 13.0. The van der Waals surface area contributed by atoms with Gasteiger partial charge in [-0.3, -0.25) is 14.4 Å². The van der Waals surface area contributed by atoms with E-state index in [1.54, 1.807) is 9.80 Å². The molecule has 0 saturated carbocycles. The van der Waals surface area contributed by atoms with Crippen LogP contribution in [0.3, 0.4) is 0 Å². The number of amides is 2. The van der Waals surface area contributed by atoms with Gasteiger partial charge in [-0.1, -0.05) is 48.5 Å². The molecule has 2 aliphatic rings. The molecule has 2 aromatic carbocycles. The summed E-state index contributed by atoms with van der Waals surface area (Å²) in [5.41, 5.74) is 3.41. The molecule has 29 heavy (non-hydrogen) atoms. The molecule has 5 heteroatoms. The SMILES string of the molecule is CC1CN(c2ccccc2)C(=O)CN1C(=O)CC1=C(c2ccccc2)CCC1=O. The number of rotatable bonds is 4. The molecule has 1 atom stereocenters. The maximum Gasteiger partial charge on any atom is 0.246 e. The number of Topliss-reactive ketones (excluding diaryl/α,β-unsaturated/α-hetero) is 1. The van der Waals surface area contributed by atoms with Gasteiger partial charge in [-0.15, -0.1) is 0 Å². The van der Waals surface area contributed by atoms with Crippen LogP contribution in [-0.4, -0.2) is 41.6 Å².